The van der Waals surface area contributed by atoms with Crippen molar-refractivity contribution in [3.63, 3.8) is 0 Å². The van der Waals surface area contributed by atoms with E-state index in [-0.39, 0.29) is 5.91 Å². The number of halogens is 1. The van der Waals surface area contributed by atoms with E-state index in [0.29, 0.717) is 13.1 Å². The number of carbonyl (C=O) groups excluding carboxylic acids is 1. The number of amides is 1. The minimum atomic E-state index is 0.192. The summed E-state index contributed by atoms with van der Waals surface area (Å²) in [6.07, 6.45) is 0. The molecule has 0 unspecified atom stereocenters. The van der Waals surface area contributed by atoms with Crippen molar-refractivity contribution in [3.8, 4) is 0 Å². The van der Waals surface area contributed by atoms with Gasteiger partial charge in [-0.25, -0.2) is 0 Å². The molecule has 6 heteroatoms. The van der Waals surface area contributed by atoms with Crippen LogP contribution in [-0.4, -0.2) is 64.7 Å². The predicted octanol–water partition coefficient (Wildman–Crippen LogP) is 1.77. The van der Waals surface area contributed by atoms with Gasteiger partial charge < -0.3 is 19.6 Å². The Balaban J connectivity index is 1.48. The second-order valence-electron chi connectivity index (χ2n) is 7.68. The number of nitrogens with zero attached hydrogens (tertiary/aromatic N) is 3. The van der Waals surface area contributed by atoms with Gasteiger partial charge in [-0.15, -0.1) is 0 Å². The second kappa shape index (κ2) is 9.30. The molecule has 1 fully saturated rings. The summed E-state index contributed by atoms with van der Waals surface area (Å²) in [6, 6.07) is 16.3. The first-order chi connectivity index (χ1) is 13.4. The van der Waals surface area contributed by atoms with Gasteiger partial charge in [0, 0.05) is 33.4 Å². The third-order valence-electron chi connectivity index (χ3n) is 5.36. The quantitative estimate of drug-likeness (QED) is 0.800. The Morgan fingerprint density at radius 3 is 2.29 bits per heavy atom. The summed E-state index contributed by atoms with van der Waals surface area (Å²) >= 11 is 6.31. The van der Waals surface area contributed by atoms with Crippen LogP contribution < -0.4 is 14.7 Å². The average molecular weight is 402 g/mol. The van der Waals surface area contributed by atoms with Gasteiger partial charge in [-0.3, -0.25) is 4.79 Å². The highest BCUT2D eigenvalue weighted by Gasteiger charge is 2.24. The molecule has 1 amide bonds. The summed E-state index contributed by atoms with van der Waals surface area (Å²) in [5, 5.41) is 0.794. The van der Waals surface area contributed by atoms with Gasteiger partial charge in [-0.1, -0.05) is 35.9 Å². The lowest BCUT2D eigenvalue weighted by molar-refractivity contribution is -0.892. The monoisotopic (exact) mass is 401 g/mol. The number of quaternary nitrogens is 1. The van der Waals surface area contributed by atoms with Crippen molar-refractivity contribution < 1.29 is 9.69 Å². The van der Waals surface area contributed by atoms with Gasteiger partial charge in [-0.05, 0) is 29.8 Å². The largest absolute Gasteiger partial charge is 0.378 e. The van der Waals surface area contributed by atoms with E-state index in [0.717, 1.165) is 42.5 Å². The molecule has 1 aliphatic rings. The molecular weight excluding hydrogens is 372 g/mol. The molecule has 0 bridgehead atoms. The van der Waals surface area contributed by atoms with Crippen molar-refractivity contribution in [2.45, 2.75) is 6.54 Å². The van der Waals surface area contributed by atoms with Crippen molar-refractivity contribution in [3.05, 3.63) is 59.1 Å². The fourth-order valence-electron chi connectivity index (χ4n) is 3.56. The maximum absolute atomic E-state index is 12.7. The Bertz CT molecular complexity index is 785. The molecule has 0 spiro atoms. The van der Waals surface area contributed by atoms with Gasteiger partial charge in [0.05, 0.1) is 36.9 Å². The van der Waals surface area contributed by atoms with Crippen LogP contribution in [0.2, 0.25) is 5.02 Å². The Morgan fingerprint density at radius 2 is 1.68 bits per heavy atom. The smallest absolute Gasteiger partial charge is 0.277 e. The number of rotatable bonds is 6. The number of likely N-dealkylation sites (N-methyl/N-ethyl adjacent to an activating group) is 1. The molecule has 2 aromatic rings. The number of para-hydroxylation sites is 1. The van der Waals surface area contributed by atoms with E-state index < -0.39 is 0 Å². The third-order valence-corrected chi connectivity index (χ3v) is 5.68. The van der Waals surface area contributed by atoms with Gasteiger partial charge in [0.15, 0.2) is 6.54 Å². The summed E-state index contributed by atoms with van der Waals surface area (Å²) in [4.78, 5) is 20.2. The van der Waals surface area contributed by atoms with Gasteiger partial charge in [-0.2, -0.15) is 0 Å². The number of benzene rings is 2. The molecule has 0 atom stereocenters. The fraction of sp³-hybridized carbons (Fsp3) is 0.409. The van der Waals surface area contributed by atoms with Gasteiger partial charge >= 0.3 is 0 Å². The van der Waals surface area contributed by atoms with E-state index in [2.05, 4.69) is 40.1 Å². The van der Waals surface area contributed by atoms with Gasteiger partial charge in [0.25, 0.3) is 5.91 Å². The van der Waals surface area contributed by atoms with E-state index >= 15 is 0 Å². The molecule has 1 N–H and O–H groups in total. The summed E-state index contributed by atoms with van der Waals surface area (Å²) in [5.41, 5.74) is 3.41. The van der Waals surface area contributed by atoms with Crippen LogP contribution in [0.4, 0.5) is 11.4 Å². The molecule has 150 valence electrons. The molecule has 0 aromatic heterocycles. The second-order valence-corrected chi connectivity index (χ2v) is 8.08. The summed E-state index contributed by atoms with van der Waals surface area (Å²) in [5.74, 6) is 0.192. The average Bonchev–Trinajstić information content (AvgIpc) is 2.69. The van der Waals surface area contributed by atoms with Crippen LogP contribution >= 0.6 is 11.6 Å². The van der Waals surface area contributed by atoms with E-state index in [1.165, 1.54) is 10.6 Å². The van der Waals surface area contributed by atoms with Crippen LogP contribution in [0.3, 0.4) is 0 Å². The van der Waals surface area contributed by atoms with E-state index in [1.54, 1.807) is 0 Å². The van der Waals surface area contributed by atoms with Crippen molar-refractivity contribution >= 4 is 28.9 Å². The van der Waals surface area contributed by atoms with Crippen LogP contribution in [-0.2, 0) is 11.3 Å². The Kier molecular flexibility index (Phi) is 6.81. The van der Waals surface area contributed by atoms with Crippen molar-refractivity contribution in [2.75, 3.05) is 63.7 Å². The summed E-state index contributed by atoms with van der Waals surface area (Å²) in [6.45, 7) is 4.92. The highest BCUT2D eigenvalue weighted by atomic mass is 35.5. The fourth-order valence-corrected chi connectivity index (χ4v) is 3.81. The van der Waals surface area contributed by atoms with Crippen LogP contribution in [0.15, 0.2) is 48.5 Å². The lowest BCUT2D eigenvalue weighted by Crippen LogP contribution is -3.15. The zero-order valence-corrected chi connectivity index (χ0v) is 17.7. The first kappa shape index (κ1) is 20.5. The summed E-state index contributed by atoms with van der Waals surface area (Å²) in [7, 11) is 5.94. The maximum atomic E-state index is 12.7. The minimum Gasteiger partial charge on any atom is -0.378 e. The molecule has 0 radical (unpaired) electrons. The van der Waals surface area contributed by atoms with E-state index in [4.69, 9.17) is 11.6 Å². The molecular formula is C22H30ClN4O+. The zero-order chi connectivity index (χ0) is 20.1. The van der Waals surface area contributed by atoms with Crippen LogP contribution in [0.5, 0.6) is 0 Å². The van der Waals surface area contributed by atoms with Gasteiger partial charge in [0.1, 0.15) is 0 Å². The topological polar surface area (TPSA) is 31.2 Å². The molecule has 5 nitrogen and oxygen atoms in total. The first-order valence-electron chi connectivity index (χ1n) is 9.77. The maximum Gasteiger partial charge on any atom is 0.277 e. The van der Waals surface area contributed by atoms with Crippen molar-refractivity contribution in [1.82, 2.24) is 4.90 Å². The molecule has 2 aromatic carbocycles. The molecule has 3 rings (SSSR count). The molecule has 0 aliphatic carbocycles. The number of hydrogen-bond acceptors (Lipinski definition) is 3. The number of anilines is 2. The van der Waals surface area contributed by atoms with E-state index in [9.17, 15) is 4.79 Å². The normalized spacial score (nSPS) is 14.8. The predicted molar refractivity (Wildman–Crippen MR) is 116 cm³/mol. The molecule has 1 aliphatic heterocycles. The minimum absolute atomic E-state index is 0.192. The highest BCUT2D eigenvalue weighted by molar-refractivity contribution is 6.33. The lowest BCUT2D eigenvalue weighted by Gasteiger charge is -2.34. The van der Waals surface area contributed by atoms with Gasteiger partial charge in [0.2, 0.25) is 0 Å². The number of carbonyl (C=O) groups is 1. The van der Waals surface area contributed by atoms with E-state index in [1.807, 2.05) is 44.2 Å². The molecule has 28 heavy (non-hydrogen) atoms. The van der Waals surface area contributed by atoms with Crippen molar-refractivity contribution in [2.24, 2.45) is 0 Å². The third kappa shape index (κ3) is 5.18. The van der Waals surface area contributed by atoms with Crippen LogP contribution in [0.1, 0.15) is 5.56 Å². The van der Waals surface area contributed by atoms with Crippen molar-refractivity contribution in [1.29, 1.82) is 0 Å². The summed E-state index contributed by atoms with van der Waals surface area (Å²) < 4.78 is 0. The standard InChI is InChI=1S/C22H29ClN4O/c1-24(2)19-10-8-18(9-11-19)16-25(3)22(28)17-26-12-14-27(15-13-26)21-7-5-4-6-20(21)23/h4-11H,12-17H2,1-3H3/p+1. The number of piperazine rings is 1. The Morgan fingerprint density at radius 1 is 1.04 bits per heavy atom. The first-order valence-corrected chi connectivity index (χ1v) is 10.1. The Hall–Kier alpha value is -2.24. The lowest BCUT2D eigenvalue weighted by atomic mass is 10.2. The number of nitrogens with one attached hydrogen (secondary N) is 1. The zero-order valence-electron chi connectivity index (χ0n) is 17.0. The SMILES string of the molecule is CN(Cc1ccc(N(C)C)cc1)C(=O)C[NH+]1CCN(c2ccccc2Cl)CC1. The molecule has 1 heterocycles. The molecule has 1 saturated heterocycles. The Labute approximate surface area is 173 Å². The van der Waals surface area contributed by atoms with Crippen LogP contribution in [0.25, 0.3) is 0 Å². The highest BCUT2D eigenvalue weighted by Crippen LogP contribution is 2.24. The van der Waals surface area contributed by atoms with Crippen LogP contribution in [0, 0.1) is 0 Å². The number of hydrogen-bond donors (Lipinski definition) is 1. The molecule has 0 saturated carbocycles.